The van der Waals surface area contributed by atoms with Crippen molar-refractivity contribution in [3.05, 3.63) is 55.0 Å². The van der Waals surface area contributed by atoms with Gasteiger partial charge < -0.3 is 4.90 Å². The second kappa shape index (κ2) is 3.54. The summed E-state index contributed by atoms with van der Waals surface area (Å²) in [6.07, 6.45) is 3.47. The third-order valence-corrected chi connectivity index (χ3v) is 1.94. The van der Waals surface area contributed by atoms with E-state index in [1.807, 2.05) is 25.2 Å². The number of carbonyl (C=O) groups is 1. The zero-order valence-electron chi connectivity index (χ0n) is 7.84. The molecule has 14 heavy (non-hydrogen) atoms. The Bertz CT molecular complexity index is 359. The van der Waals surface area contributed by atoms with Gasteiger partial charge in [0.1, 0.15) is 0 Å². The molecule has 3 heteroatoms. The van der Waals surface area contributed by atoms with Crippen LogP contribution in [0.3, 0.4) is 0 Å². The quantitative estimate of drug-likeness (QED) is 0.664. The summed E-state index contributed by atoms with van der Waals surface area (Å²) >= 11 is 0. The first-order valence-electron chi connectivity index (χ1n) is 4.33. The van der Waals surface area contributed by atoms with Gasteiger partial charge in [-0.25, -0.2) is 0 Å². The Hall–Kier alpha value is -1.77. The summed E-state index contributed by atoms with van der Waals surface area (Å²) in [5.41, 5.74) is 0.667. The minimum Gasteiger partial charge on any atom is -0.349 e. The topological polar surface area (TPSA) is 23.6 Å². The van der Waals surface area contributed by atoms with Gasteiger partial charge in [-0.05, 0) is 12.1 Å². The fourth-order valence-corrected chi connectivity index (χ4v) is 1.24. The fraction of sp³-hybridized carbons (Fsp3) is 0.0909. The predicted molar refractivity (Wildman–Crippen MR) is 52.8 cm³/mol. The molecule has 0 spiro atoms. The lowest BCUT2D eigenvalue weighted by Gasteiger charge is -2.13. The van der Waals surface area contributed by atoms with Gasteiger partial charge in [0.25, 0.3) is 5.91 Å². The Balaban J connectivity index is 2.14. The molecule has 1 aromatic rings. The highest BCUT2D eigenvalue weighted by molar-refractivity contribution is 5.95. The van der Waals surface area contributed by atoms with E-state index >= 15 is 0 Å². The Kier molecular flexibility index (Phi) is 2.23. The van der Waals surface area contributed by atoms with Crippen molar-refractivity contribution in [2.45, 2.75) is 0 Å². The molecule has 0 aliphatic carbocycles. The van der Waals surface area contributed by atoms with E-state index in [4.69, 9.17) is 0 Å². The van der Waals surface area contributed by atoms with Crippen LogP contribution < -0.4 is 0 Å². The summed E-state index contributed by atoms with van der Waals surface area (Å²) in [6.45, 7) is 2.86. The molecule has 0 bridgehead atoms. The van der Waals surface area contributed by atoms with Crippen LogP contribution in [0.1, 0.15) is 10.4 Å². The van der Waals surface area contributed by atoms with Crippen LogP contribution in [-0.4, -0.2) is 22.8 Å². The van der Waals surface area contributed by atoms with Crippen LogP contribution in [0, 0.1) is 6.67 Å². The van der Waals surface area contributed by atoms with E-state index in [0.29, 0.717) is 5.56 Å². The maximum atomic E-state index is 11.8. The van der Waals surface area contributed by atoms with Crippen molar-refractivity contribution in [1.29, 1.82) is 0 Å². The van der Waals surface area contributed by atoms with Gasteiger partial charge in [-0.1, -0.05) is 18.2 Å². The number of rotatable bonds is 1. The van der Waals surface area contributed by atoms with E-state index in [0.717, 1.165) is 0 Å². The zero-order chi connectivity index (χ0) is 9.97. The standard InChI is InChI=1S/C11H10N2O/c1-12-7-8-13(9-12)11(14)10-5-3-2-4-6-10/h2-8H,1H3. The highest BCUT2D eigenvalue weighted by Crippen LogP contribution is 2.13. The van der Waals surface area contributed by atoms with Crippen molar-refractivity contribution in [2.75, 3.05) is 7.05 Å². The molecule has 0 atom stereocenters. The normalized spacial score (nSPS) is 14.9. The van der Waals surface area contributed by atoms with Gasteiger partial charge in [0, 0.05) is 25.0 Å². The van der Waals surface area contributed by atoms with Crippen molar-refractivity contribution in [3.8, 4) is 0 Å². The van der Waals surface area contributed by atoms with Gasteiger partial charge in [-0.15, -0.1) is 0 Å². The molecule has 0 saturated carbocycles. The highest BCUT2D eigenvalue weighted by Gasteiger charge is 2.19. The van der Waals surface area contributed by atoms with Gasteiger partial charge in [0.05, 0.1) is 0 Å². The molecular formula is C11H10N2O. The minimum atomic E-state index is -0.0637. The van der Waals surface area contributed by atoms with Crippen molar-refractivity contribution in [3.63, 3.8) is 0 Å². The number of benzene rings is 1. The van der Waals surface area contributed by atoms with Crippen LogP contribution in [0.2, 0.25) is 0 Å². The van der Waals surface area contributed by atoms with E-state index < -0.39 is 0 Å². The van der Waals surface area contributed by atoms with Gasteiger partial charge in [0.15, 0.2) is 0 Å². The smallest absolute Gasteiger partial charge is 0.260 e. The molecule has 0 saturated heterocycles. The molecule has 0 fully saturated rings. The molecule has 0 aromatic heterocycles. The van der Waals surface area contributed by atoms with Crippen molar-refractivity contribution in [2.24, 2.45) is 0 Å². The van der Waals surface area contributed by atoms with E-state index in [1.165, 1.54) is 4.90 Å². The van der Waals surface area contributed by atoms with E-state index in [1.54, 1.807) is 29.4 Å². The number of hydrogen-bond donors (Lipinski definition) is 0. The van der Waals surface area contributed by atoms with Crippen LogP contribution >= 0.6 is 0 Å². The SMILES string of the molecule is CN1[C]N(C(=O)c2ccccc2)C=C1. The first kappa shape index (κ1) is 8.81. The summed E-state index contributed by atoms with van der Waals surface area (Å²) in [7, 11) is 1.83. The zero-order valence-corrected chi connectivity index (χ0v) is 7.84. The molecule has 1 heterocycles. The molecule has 70 valence electrons. The number of nitrogens with zero attached hydrogens (tertiary/aromatic N) is 2. The molecule has 1 amide bonds. The predicted octanol–water partition coefficient (Wildman–Crippen LogP) is 1.54. The molecule has 1 aliphatic rings. The summed E-state index contributed by atoms with van der Waals surface area (Å²) in [5, 5.41) is 0. The number of carbonyl (C=O) groups excluding carboxylic acids is 1. The molecule has 3 nitrogen and oxygen atoms in total. The minimum absolute atomic E-state index is 0.0637. The molecule has 0 unspecified atom stereocenters. The first-order chi connectivity index (χ1) is 6.77. The van der Waals surface area contributed by atoms with Crippen molar-refractivity contribution >= 4 is 5.91 Å². The Labute approximate surface area is 83.2 Å². The van der Waals surface area contributed by atoms with E-state index in [9.17, 15) is 4.79 Å². The molecule has 2 rings (SSSR count). The lowest BCUT2D eigenvalue weighted by Crippen LogP contribution is -2.23. The Morgan fingerprint density at radius 3 is 2.50 bits per heavy atom. The highest BCUT2D eigenvalue weighted by atomic mass is 16.2. The average molecular weight is 186 g/mol. The monoisotopic (exact) mass is 186 g/mol. The molecule has 1 aromatic carbocycles. The van der Waals surface area contributed by atoms with Gasteiger partial charge in [0.2, 0.25) is 6.67 Å². The third-order valence-electron chi connectivity index (χ3n) is 1.94. The molecule has 0 N–H and O–H groups in total. The van der Waals surface area contributed by atoms with Crippen LogP contribution in [-0.2, 0) is 0 Å². The van der Waals surface area contributed by atoms with Crippen LogP contribution in [0.4, 0.5) is 0 Å². The number of hydrogen-bond acceptors (Lipinski definition) is 2. The van der Waals surface area contributed by atoms with Gasteiger partial charge in [-0.2, -0.15) is 0 Å². The summed E-state index contributed by atoms with van der Waals surface area (Å²) in [6, 6.07) is 9.15. The number of amides is 1. The Morgan fingerprint density at radius 2 is 1.93 bits per heavy atom. The third kappa shape index (κ3) is 1.62. The maximum absolute atomic E-state index is 11.8. The van der Waals surface area contributed by atoms with E-state index in [-0.39, 0.29) is 5.91 Å². The lowest BCUT2D eigenvalue weighted by molar-refractivity contribution is 0.0842. The van der Waals surface area contributed by atoms with Crippen LogP contribution in [0.15, 0.2) is 42.7 Å². The molecule has 1 aliphatic heterocycles. The maximum Gasteiger partial charge on any atom is 0.260 e. The van der Waals surface area contributed by atoms with Crippen molar-refractivity contribution < 1.29 is 4.79 Å². The first-order valence-corrected chi connectivity index (χ1v) is 4.33. The largest absolute Gasteiger partial charge is 0.349 e. The second-order valence-electron chi connectivity index (χ2n) is 3.05. The summed E-state index contributed by atoms with van der Waals surface area (Å²) in [4.78, 5) is 14.9. The van der Waals surface area contributed by atoms with E-state index in [2.05, 4.69) is 6.67 Å². The molecule has 2 radical (unpaired) electrons. The lowest BCUT2D eigenvalue weighted by atomic mass is 10.2. The summed E-state index contributed by atoms with van der Waals surface area (Å²) < 4.78 is 0. The summed E-state index contributed by atoms with van der Waals surface area (Å²) in [5.74, 6) is -0.0637. The Morgan fingerprint density at radius 1 is 1.21 bits per heavy atom. The average Bonchev–Trinajstić information content (AvgIpc) is 2.65. The van der Waals surface area contributed by atoms with Crippen LogP contribution in [0.25, 0.3) is 0 Å². The van der Waals surface area contributed by atoms with Gasteiger partial charge >= 0.3 is 0 Å². The fourth-order valence-electron chi connectivity index (χ4n) is 1.24. The van der Waals surface area contributed by atoms with Crippen molar-refractivity contribution in [1.82, 2.24) is 9.80 Å². The molecular weight excluding hydrogens is 176 g/mol. The van der Waals surface area contributed by atoms with Gasteiger partial charge in [-0.3, -0.25) is 9.69 Å². The van der Waals surface area contributed by atoms with Crippen LogP contribution in [0.5, 0.6) is 0 Å². The second-order valence-corrected chi connectivity index (χ2v) is 3.05.